The van der Waals surface area contributed by atoms with Gasteiger partial charge in [-0.15, -0.1) is 0 Å². The van der Waals surface area contributed by atoms with E-state index >= 15 is 0 Å². The van der Waals surface area contributed by atoms with Gasteiger partial charge in [0, 0.05) is 0 Å². The second kappa shape index (κ2) is 9.30. The highest BCUT2D eigenvalue weighted by atomic mass is 16.3. The highest BCUT2D eigenvalue weighted by molar-refractivity contribution is 5.36. The van der Waals surface area contributed by atoms with Gasteiger partial charge in [-0.2, -0.15) is 0 Å². The van der Waals surface area contributed by atoms with Crippen LogP contribution in [0.4, 0.5) is 0 Å². The molecule has 0 aliphatic heterocycles. The Labute approximate surface area is 184 Å². The molecule has 0 aromatic carbocycles. The van der Waals surface area contributed by atoms with Crippen molar-refractivity contribution in [2.24, 2.45) is 23.2 Å². The summed E-state index contributed by atoms with van der Waals surface area (Å²) in [5.41, 5.74) is 3.34. The SMILES string of the molecule is C=C1CC[C@H](O)C/C1=C/C=C1CCC[C@@]2(C)C1CC[C@@H]2[C@H](C)CC[C@@H](O)C(C)(C)O. The van der Waals surface area contributed by atoms with Crippen molar-refractivity contribution in [3.8, 4) is 0 Å². The summed E-state index contributed by atoms with van der Waals surface area (Å²) in [7, 11) is 0. The largest absolute Gasteiger partial charge is 0.393 e. The maximum Gasteiger partial charge on any atom is 0.0849 e. The minimum atomic E-state index is -1.02. The van der Waals surface area contributed by atoms with Gasteiger partial charge in [0.15, 0.2) is 0 Å². The summed E-state index contributed by atoms with van der Waals surface area (Å²) in [6, 6.07) is 0. The van der Waals surface area contributed by atoms with E-state index in [0.717, 1.165) is 25.7 Å². The molecule has 0 aromatic rings. The number of aliphatic hydroxyl groups excluding tert-OH is 2. The van der Waals surface area contributed by atoms with Gasteiger partial charge in [0.1, 0.15) is 0 Å². The average Bonchev–Trinajstić information content (AvgIpc) is 3.03. The third kappa shape index (κ3) is 5.11. The molecule has 3 heteroatoms. The van der Waals surface area contributed by atoms with Gasteiger partial charge in [-0.25, -0.2) is 0 Å². The van der Waals surface area contributed by atoms with Crippen LogP contribution >= 0.6 is 0 Å². The summed E-state index contributed by atoms with van der Waals surface area (Å²) in [6.07, 6.45) is 14.1. The van der Waals surface area contributed by atoms with E-state index in [1.807, 2.05) is 0 Å². The maximum absolute atomic E-state index is 10.3. The summed E-state index contributed by atoms with van der Waals surface area (Å²) < 4.78 is 0. The van der Waals surface area contributed by atoms with Crippen LogP contribution in [0.15, 0.2) is 35.5 Å². The Kier molecular flexibility index (Phi) is 7.37. The van der Waals surface area contributed by atoms with Crippen molar-refractivity contribution < 1.29 is 15.3 Å². The fraction of sp³-hybridized carbons (Fsp3) is 0.778. The van der Waals surface area contributed by atoms with Crippen molar-refractivity contribution in [1.82, 2.24) is 0 Å². The summed E-state index contributed by atoms with van der Waals surface area (Å²) >= 11 is 0. The number of allylic oxidation sites excluding steroid dienone is 4. The molecule has 3 nitrogen and oxygen atoms in total. The number of rotatable bonds is 6. The van der Waals surface area contributed by atoms with Gasteiger partial charge in [0.25, 0.3) is 0 Å². The minimum Gasteiger partial charge on any atom is -0.393 e. The quantitative estimate of drug-likeness (QED) is 0.520. The standard InChI is InChI=1S/C27H44O3/c1-18-8-12-22(28)17-21(18)11-10-20-7-6-16-27(5)23(13-14-24(20)27)19(2)9-15-25(29)26(3,4)30/h10-11,19,22-25,28-30H,1,6-9,12-17H2,2-5H3/b20-10?,21-11-/t19-,22+,23-,24?,25-,27-/m1/s1. The number of fused-ring (bicyclic) bond motifs is 1. The molecule has 0 aromatic heterocycles. The van der Waals surface area contributed by atoms with E-state index in [-0.39, 0.29) is 6.10 Å². The normalized spacial score (nSPS) is 37.4. The highest BCUT2D eigenvalue weighted by Gasteiger charge is 2.50. The predicted octanol–water partition coefficient (Wildman–Crippen LogP) is 5.70. The first kappa shape index (κ1) is 23.8. The van der Waals surface area contributed by atoms with E-state index in [0.29, 0.717) is 29.6 Å². The summed E-state index contributed by atoms with van der Waals surface area (Å²) in [5.74, 6) is 1.89. The Hall–Kier alpha value is -0.900. The van der Waals surface area contributed by atoms with Crippen molar-refractivity contribution in [1.29, 1.82) is 0 Å². The van der Waals surface area contributed by atoms with E-state index in [4.69, 9.17) is 0 Å². The molecule has 0 heterocycles. The molecule has 6 atom stereocenters. The molecule has 1 unspecified atom stereocenters. The lowest BCUT2D eigenvalue weighted by molar-refractivity contribution is -0.0554. The number of hydrogen-bond acceptors (Lipinski definition) is 3. The first-order chi connectivity index (χ1) is 14.0. The Morgan fingerprint density at radius 2 is 1.90 bits per heavy atom. The van der Waals surface area contributed by atoms with Crippen molar-refractivity contribution >= 4 is 0 Å². The van der Waals surface area contributed by atoms with Crippen LogP contribution < -0.4 is 0 Å². The molecule has 0 spiro atoms. The first-order valence-corrected chi connectivity index (χ1v) is 12.2. The molecule has 3 fully saturated rings. The lowest BCUT2D eigenvalue weighted by Crippen LogP contribution is -2.38. The lowest BCUT2D eigenvalue weighted by Gasteiger charge is -2.44. The van der Waals surface area contributed by atoms with Crippen molar-refractivity contribution in [2.75, 3.05) is 0 Å². The Bertz CT molecular complexity index is 683. The molecule has 3 rings (SSSR count). The fourth-order valence-corrected chi connectivity index (χ4v) is 6.58. The van der Waals surface area contributed by atoms with Crippen LogP contribution in [0.1, 0.15) is 91.9 Å². The molecule has 0 radical (unpaired) electrons. The molecule has 3 aliphatic rings. The van der Waals surface area contributed by atoms with Gasteiger partial charge in [0.2, 0.25) is 0 Å². The van der Waals surface area contributed by atoms with Gasteiger partial charge in [-0.3, -0.25) is 0 Å². The van der Waals surface area contributed by atoms with Gasteiger partial charge in [-0.05, 0) is 107 Å². The molecule has 0 saturated heterocycles. The molecule has 3 saturated carbocycles. The lowest BCUT2D eigenvalue weighted by atomic mass is 9.60. The zero-order valence-electron chi connectivity index (χ0n) is 19.7. The molecule has 30 heavy (non-hydrogen) atoms. The Morgan fingerprint density at radius 1 is 1.17 bits per heavy atom. The van der Waals surface area contributed by atoms with Crippen LogP contribution in [0.5, 0.6) is 0 Å². The molecule has 3 N–H and O–H groups in total. The summed E-state index contributed by atoms with van der Waals surface area (Å²) in [4.78, 5) is 0. The smallest absolute Gasteiger partial charge is 0.0849 e. The van der Waals surface area contributed by atoms with Crippen molar-refractivity contribution in [2.45, 2.75) is 110 Å². The zero-order valence-corrected chi connectivity index (χ0v) is 19.7. The molecule has 3 aliphatic carbocycles. The molecule has 170 valence electrons. The van der Waals surface area contributed by atoms with Crippen LogP contribution in [-0.2, 0) is 0 Å². The molecule has 0 bridgehead atoms. The van der Waals surface area contributed by atoms with Crippen LogP contribution in [0.25, 0.3) is 0 Å². The van der Waals surface area contributed by atoms with Crippen LogP contribution in [0.2, 0.25) is 0 Å². The van der Waals surface area contributed by atoms with E-state index in [2.05, 4.69) is 32.6 Å². The Morgan fingerprint density at radius 3 is 2.60 bits per heavy atom. The molecular formula is C27H44O3. The van der Waals surface area contributed by atoms with Crippen molar-refractivity contribution in [3.05, 3.63) is 35.5 Å². The fourth-order valence-electron chi connectivity index (χ4n) is 6.58. The number of hydrogen-bond donors (Lipinski definition) is 3. The third-order valence-corrected chi connectivity index (χ3v) is 8.62. The monoisotopic (exact) mass is 416 g/mol. The van der Waals surface area contributed by atoms with Crippen molar-refractivity contribution in [3.63, 3.8) is 0 Å². The van der Waals surface area contributed by atoms with Crippen LogP contribution in [0, 0.1) is 23.2 Å². The first-order valence-electron chi connectivity index (χ1n) is 12.2. The van der Waals surface area contributed by atoms with E-state index in [9.17, 15) is 15.3 Å². The van der Waals surface area contributed by atoms with E-state index in [1.54, 1.807) is 19.4 Å². The minimum absolute atomic E-state index is 0.215. The second-order valence-corrected chi connectivity index (χ2v) is 11.3. The van der Waals surface area contributed by atoms with E-state index < -0.39 is 11.7 Å². The van der Waals surface area contributed by atoms with Gasteiger partial charge < -0.3 is 15.3 Å². The van der Waals surface area contributed by atoms with E-state index in [1.165, 1.54) is 43.3 Å². The zero-order chi connectivity index (χ0) is 22.1. The summed E-state index contributed by atoms with van der Waals surface area (Å²) in [6.45, 7) is 12.5. The number of aliphatic hydroxyl groups is 3. The molecule has 0 amide bonds. The maximum atomic E-state index is 10.3. The summed E-state index contributed by atoms with van der Waals surface area (Å²) in [5, 5.41) is 30.3. The topological polar surface area (TPSA) is 60.7 Å². The third-order valence-electron chi connectivity index (χ3n) is 8.62. The Balaban J connectivity index is 1.69. The van der Waals surface area contributed by atoms with Crippen LogP contribution in [-0.4, -0.2) is 33.1 Å². The average molecular weight is 417 g/mol. The van der Waals surface area contributed by atoms with Crippen LogP contribution in [0.3, 0.4) is 0 Å². The predicted molar refractivity (Wildman–Crippen MR) is 124 cm³/mol. The van der Waals surface area contributed by atoms with Gasteiger partial charge >= 0.3 is 0 Å². The molecular weight excluding hydrogens is 372 g/mol. The second-order valence-electron chi connectivity index (χ2n) is 11.3. The van der Waals surface area contributed by atoms with Gasteiger partial charge in [0.05, 0.1) is 17.8 Å². The highest BCUT2D eigenvalue weighted by Crippen LogP contribution is 2.60. The van der Waals surface area contributed by atoms with Gasteiger partial charge in [-0.1, -0.05) is 43.7 Å².